The Bertz CT molecular complexity index is 582. The average molecular weight is 270 g/mol. The molecule has 1 aromatic heterocycles. The van der Waals surface area contributed by atoms with Gasteiger partial charge in [0, 0.05) is 24.7 Å². The normalized spacial score (nSPS) is 18.7. The van der Waals surface area contributed by atoms with Gasteiger partial charge in [0.05, 0.1) is 11.1 Å². The molecule has 1 fully saturated rings. The van der Waals surface area contributed by atoms with Crippen LogP contribution in [0.3, 0.4) is 0 Å². The standard InChI is InChI=1S/C17H22N2O/c1-18-16(12-17(20-2)9-5-10-17)14-6-3-8-15-13(14)7-4-11-19-15/h3-4,6-8,11,16,18H,5,9-10,12H2,1-2H3. The van der Waals surface area contributed by atoms with E-state index in [0.717, 1.165) is 11.9 Å². The lowest BCUT2D eigenvalue weighted by atomic mass is 9.74. The molecular weight excluding hydrogens is 248 g/mol. The quantitative estimate of drug-likeness (QED) is 0.903. The first-order chi connectivity index (χ1) is 9.78. The van der Waals surface area contributed by atoms with Gasteiger partial charge in [-0.05, 0) is 50.4 Å². The molecule has 1 aromatic carbocycles. The number of methoxy groups -OCH3 is 1. The molecule has 0 radical (unpaired) electrons. The van der Waals surface area contributed by atoms with Crippen LogP contribution in [0.5, 0.6) is 0 Å². The minimum Gasteiger partial charge on any atom is -0.378 e. The number of benzene rings is 1. The summed E-state index contributed by atoms with van der Waals surface area (Å²) in [6.07, 6.45) is 6.49. The number of nitrogens with one attached hydrogen (secondary N) is 1. The molecule has 1 heterocycles. The molecule has 1 aliphatic rings. The molecule has 1 saturated carbocycles. The maximum Gasteiger partial charge on any atom is 0.0705 e. The molecule has 20 heavy (non-hydrogen) atoms. The second-order valence-corrected chi connectivity index (χ2v) is 5.70. The molecule has 0 spiro atoms. The Morgan fingerprint density at radius 2 is 2.15 bits per heavy atom. The van der Waals surface area contributed by atoms with Crippen LogP contribution in [-0.4, -0.2) is 24.7 Å². The van der Waals surface area contributed by atoms with Gasteiger partial charge in [0.1, 0.15) is 0 Å². The lowest BCUT2D eigenvalue weighted by Crippen LogP contribution is -2.42. The summed E-state index contributed by atoms with van der Waals surface area (Å²) in [6.45, 7) is 0. The van der Waals surface area contributed by atoms with Gasteiger partial charge in [-0.1, -0.05) is 18.2 Å². The van der Waals surface area contributed by atoms with E-state index in [1.54, 1.807) is 0 Å². The van der Waals surface area contributed by atoms with Gasteiger partial charge in [-0.25, -0.2) is 0 Å². The zero-order chi connectivity index (χ0) is 14.0. The Balaban J connectivity index is 1.95. The lowest BCUT2D eigenvalue weighted by Gasteiger charge is -2.43. The van der Waals surface area contributed by atoms with Gasteiger partial charge >= 0.3 is 0 Å². The van der Waals surface area contributed by atoms with Crippen LogP contribution >= 0.6 is 0 Å². The van der Waals surface area contributed by atoms with E-state index in [-0.39, 0.29) is 5.60 Å². The van der Waals surface area contributed by atoms with Crippen LogP contribution in [-0.2, 0) is 4.74 Å². The average Bonchev–Trinajstić information content (AvgIpc) is 2.47. The number of ether oxygens (including phenoxy) is 1. The Morgan fingerprint density at radius 3 is 2.80 bits per heavy atom. The van der Waals surface area contributed by atoms with E-state index in [1.165, 1.54) is 30.2 Å². The molecule has 3 heteroatoms. The minimum atomic E-state index is 0.0675. The largest absolute Gasteiger partial charge is 0.378 e. The van der Waals surface area contributed by atoms with Crippen LogP contribution in [0.25, 0.3) is 10.9 Å². The predicted molar refractivity (Wildman–Crippen MR) is 81.8 cm³/mol. The number of hydrogen-bond donors (Lipinski definition) is 1. The number of pyridine rings is 1. The number of fused-ring (bicyclic) bond motifs is 1. The van der Waals surface area contributed by atoms with Crippen molar-refractivity contribution in [2.75, 3.05) is 14.2 Å². The summed E-state index contributed by atoms with van der Waals surface area (Å²) in [6, 6.07) is 10.8. The highest BCUT2D eigenvalue weighted by Gasteiger charge is 2.39. The van der Waals surface area contributed by atoms with Crippen LogP contribution < -0.4 is 5.32 Å². The van der Waals surface area contributed by atoms with Gasteiger partial charge in [0.15, 0.2) is 0 Å². The lowest BCUT2D eigenvalue weighted by molar-refractivity contribution is -0.0833. The summed E-state index contributed by atoms with van der Waals surface area (Å²) < 4.78 is 5.78. The van der Waals surface area contributed by atoms with Crippen molar-refractivity contribution in [3.05, 3.63) is 42.1 Å². The molecule has 1 aliphatic carbocycles. The molecule has 0 saturated heterocycles. The van der Waals surface area contributed by atoms with Crippen molar-refractivity contribution in [1.29, 1.82) is 0 Å². The predicted octanol–water partition coefficient (Wildman–Crippen LogP) is 3.45. The molecule has 0 bridgehead atoms. The molecule has 1 N–H and O–H groups in total. The van der Waals surface area contributed by atoms with E-state index in [4.69, 9.17) is 4.74 Å². The van der Waals surface area contributed by atoms with Crippen molar-refractivity contribution >= 4 is 10.9 Å². The van der Waals surface area contributed by atoms with Crippen molar-refractivity contribution in [1.82, 2.24) is 10.3 Å². The molecule has 3 rings (SSSR count). The highest BCUT2D eigenvalue weighted by molar-refractivity contribution is 5.82. The van der Waals surface area contributed by atoms with Crippen molar-refractivity contribution in [2.24, 2.45) is 0 Å². The van der Waals surface area contributed by atoms with Gasteiger partial charge in [0.25, 0.3) is 0 Å². The Kier molecular flexibility index (Phi) is 3.72. The maximum absolute atomic E-state index is 5.78. The molecule has 3 nitrogen and oxygen atoms in total. The van der Waals surface area contributed by atoms with Crippen LogP contribution in [0.15, 0.2) is 36.5 Å². The highest BCUT2D eigenvalue weighted by Crippen LogP contribution is 2.42. The van der Waals surface area contributed by atoms with Gasteiger partial charge in [-0.3, -0.25) is 4.98 Å². The van der Waals surface area contributed by atoms with Gasteiger partial charge in [-0.15, -0.1) is 0 Å². The number of aromatic nitrogens is 1. The summed E-state index contributed by atoms with van der Waals surface area (Å²) in [7, 11) is 3.87. The van der Waals surface area contributed by atoms with Crippen molar-refractivity contribution in [3.8, 4) is 0 Å². The topological polar surface area (TPSA) is 34.1 Å². The summed E-state index contributed by atoms with van der Waals surface area (Å²) >= 11 is 0. The Hall–Kier alpha value is -1.45. The van der Waals surface area contributed by atoms with E-state index >= 15 is 0 Å². The number of hydrogen-bond acceptors (Lipinski definition) is 3. The summed E-state index contributed by atoms with van der Waals surface area (Å²) in [5.74, 6) is 0. The molecule has 0 amide bonds. The second-order valence-electron chi connectivity index (χ2n) is 5.70. The van der Waals surface area contributed by atoms with Crippen LogP contribution in [0.1, 0.15) is 37.3 Å². The fourth-order valence-corrected chi connectivity index (χ4v) is 3.23. The first kappa shape index (κ1) is 13.5. The van der Waals surface area contributed by atoms with Gasteiger partial charge in [0.2, 0.25) is 0 Å². The molecule has 1 atom stereocenters. The third-order valence-corrected chi connectivity index (χ3v) is 4.68. The van der Waals surface area contributed by atoms with Crippen molar-refractivity contribution < 1.29 is 4.74 Å². The van der Waals surface area contributed by atoms with Crippen molar-refractivity contribution in [2.45, 2.75) is 37.3 Å². The molecule has 106 valence electrons. The SMILES string of the molecule is CNC(CC1(OC)CCC1)c1cccc2ncccc12. The Morgan fingerprint density at radius 1 is 1.30 bits per heavy atom. The second kappa shape index (κ2) is 5.51. The van der Waals surface area contributed by atoms with Crippen molar-refractivity contribution in [3.63, 3.8) is 0 Å². The van der Waals surface area contributed by atoms with Crippen LogP contribution in [0, 0.1) is 0 Å². The van der Waals surface area contributed by atoms with E-state index < -0.39 is 0 Å². The van der Waals surface area contributed by atoms with E-state index in [0.29, 0.717) is 6.04 Å². The fraction of sp³-hybridized carbons (Fsp3) is 0.471. The van der Waals surface area contributed by atoms with E-state index in [9.17, 15) is 0 Å². The van der Waals surface area contributed by atoms with E-state index in [1.807, 2.05) is 26.4 Å². The first-order valence-corrected chi connectivity index (χ1v) is 7.34. The molecule has 1 unspecified atom stereocenters. The number of nitrogens with zero attached hydrogens (tertiary/aromatic N) is 1. The van der Waals surface area contributed by atoms with Gasteiger partial charge in [-0.2, -0.15) is 0 Å². The third kappa shape index (κ3) is 2.32. The Labute approximate surface area is 120 Å². The van der Waals surface area contributed by atoms with Crippen LogP contribution in [0.4, 0.5) is 0 Å². The zero-order valence-corrected chi connectivity index (χ0v) is 12.2. The summed E-state index contributed by atoms with van der Waals surface area (Å²) in [4.78, 5) is 4.45. The van der Waals surface area contributed by atoms with E-state index in [2.05, 4.69) is 34.6 Å². The smallest absolute Gasteiger partial charge is 0.0705 e. The molecule has 2 aromatic rings. The summed E-state index contributed by atoms with van der Waals surface area (Å²) in [5, 5.41) is 4.70. The molecule has 0 aliphatic heterocycles. The monoisotopic (exact) mass is 270 g/mol. The molecular formula is C17H22N2O. The zero-order valence-electron chi connectivity index (χ0n) is 12.2. The van der Waals surface area contributed by atoms with Gasteiger partial charge < -0.3 is 10.1 Å². The maximum atomic E-state index is 5.78. The highest BCUT2D eigenvalue weighted by atomic mass is 16.5. The summed E-state index contributed by atoms with van der Waals surface area (Å²) in [5.41, 5.74) is 2.45. The third-order valence-electron chi connectivity index (χ3n) is 4.68. The first-order valence-electron chi connectivity index (χ1n) is 7.34. The van der Waals surface area contributed by atoms with Crippen LogP contribution in [0.2, 0.25) is 0 Å². The minimum absolute atomic E-state index is 0.0675. The number of rotatable bonds is 5. The fourth-order valence-electron chi connectivity index (χ4n) is 3.23.